The monoisotopic (exact) mass is 300 g/mol. The van der Waals surface area contributed by atoms with Crippen molar-refractivity contribution in [3.63, 3.8) is 0 Å². The Balaban J connectivity index is 2.11. The van der Waals surface area contributed by atoms with Gasteiger partial charge in [-0.15, -0.1) is 5.10 Å². The second-order valence-electron chi connectivity index (χ2n) is 4.73. The van der Waals surface area contributed by atoms with Crippen LogP contribution in [0.25, 0.3) is 16.9 Å². The lowest BCUT2D eigenvalue weighted by molar-refractivity contribution is 0.470. The highest BCUT2D eigenvalue weighted by atomic mass is 35.5. The molecule has 3 rings (SSSR count). The Morgan fingerprint density at radius 2 is 1.86 bits per heavy atom. The van der Waals surface area contributed by atoms with Crippen molar-refractivity contribution in [2.75, 3.05) is 5.73 Å². The molecule has 0 radical (unpaired) electrons. The first kappa shape index (κ1) is 13.5. The van der Waals surface area contributed by atoms with Gasteiger partial charge in [-0.2, -0.15) is 4.68 Å². The summed E-state index contributed by atoms with van der Waals surface area (Å²) in [7, 11) is 0. The summed E-state index contributed by atoms with van der Waals surface area (Å²) < 4.78 is 1.37. The Labute approximate surface area is 126 Å². The van der Waals surface area contributed by atoms with Crippen LogP contribution in [0.3, 0.4) is 0 Å². The molecule has 0 spiro atoms. The fourth-order valence-corrected chi connectivity index (χ4v) is 2.22. The average Bonchev–Trinajstić information content (AvgIpc) is 2.84. The molecule has 106 valence electrons. The van der Waals surface area contributed by atoms with Gasteiger partial charge in [-0.1, -0.05) is 46.6 Å². The summed E-state index contributed by atoms with van der Waals surface area (Å²) in [6.45, 7) is 2.01. The molecule has 0 aliphatic carbocycles. The van der Waals surface area contributed by atoms with Gasteiger partial charge in [-0.05, 0) is 25.1 Å². The highest BCUT2D eigenvalue weighted by Crippen LogP contribution is 2.30. The summed E-state index contributed by atoms with van der Waals surface area (Å²) in [6.07, 6.45) is 0. The number of phenols is 1. The van der Waals surface area contributed by atoms with Gasteiger partial charge in [0.15, 0.2) is 5.82 Å². The Bertz CT molecular complexity index is 796. The van der Waals surface area contributed by atoms with Crippen LogP contribution in [0.4, 0.5) is 5.82 Å². The summed E-state index contributed by atoms with van der Waals surface area (Å²) >= 11 is 5.95. The lowest BCUT2D eigenvalue weighted by atomic mass is 10.1. The van der Waals surface area contributed by atoms with Crippen molar-refractivity contribution in [1.82, 2.24) is 15.0 Å². The number of rotatable bonds is 2. The molecule has 5 nitrogen and oxygen atoms in total. The minimum atomic E-state index is 0.0338. The van der Waals surface area contributed by atoms with Crippen molar-refractivity contribution < 1.29 is 5.11 Å². The standard InChI is InChI=1S/C15H13ClN4O/c1-9-2-4-10(5-3-9)14-15(17)20(19-18-14)12-8-11(16)6-7-13(12)21/h2-8,21H,17H2,1H3. The third-order valence-corrected chi connectivity index (χ3v) is 3.43. The number of hydrogen-bond donors (Lipinski definition) is 2. The van der Waals surface area contributed by atoms with E-state index in [-0.39, 0.29) is 5.75 Å². The maximum Gasteiger partial charge on any atom is 0.156 e. The minimum Gasteiger partial charge on any atom is -0.506 e. The molecule has 0 fully saturated rings. The molecule has 0 saturated heterocycles. The van der Waals surface area contributed by atoms with Gasteiger partial charge in [0.05, 0.1) is 0 Å². The Morgan fingerprint density at radius 1 is 1.14 bits per heavy atom. The third kappa shape index (κ3) is 2.43. The van der Waals surface area contributed by atoms with E-state index in [1.54, 1.807) is 12.1 Å². The minimum absolute atomic E-state index is 0.0338. The molecular weight excluding hydrogens is 288 g/mol. The van der Waals surface area contributed by atoms with Crippen molar-refractivity contribution >= 4 is 17.4 Å². The van der Waals surface area contributed by atoms with Crippen LogP contribution in [0.5, 0.6) is 5.75 Å². The predicted octanol–water partition coefficient (Wildman–Crippen LogP) is 3.18. The van der Waals surface area contributed by atoms with Crippen LogP contribution in [0.15, 0.2) is 42.5 Å². The molecule has 0 saturated carbocycles. The van der Waals surface area contributed by atoms with Crippen LogP contribution in [0, 0.1) is 6.92 Å². The van der Waals surface area contributed by atoms with Crippen LogP contribution >= 0.6 is 11.6 Å². The molecule has 0 aliphatic heterocycles. The van der Waals surface area contributed by atoms with Crippen molar-refractivity contribution in [1.29, 1.82) is 0 Å². The molecule has 0 aliphatic rings. The predicted molar refractivity (Wildman–Crippen MR) is 82.6 cm³/mol. The molecule has 1 heterocycles. The van der Waals surface area contributed by atoms with Gasteiger partial charge in [0, 0.05) is 10.6 Å². The fourth-order valence-electron chi connectivity index (χ4n) is 2.05. The number of aromatic nitrogens is 3. The van der Waals surface area contributed by atoms with Gasteiger partial charge in [0.25, 0.3) is 0 Å². The maximum absolute atomic E-state index is 9.93. The summed E-state index contributed by atoms with van der Waals surface area (Å²) in [4.78, 5) is 0. The van der Waals surface area contributed by atoms with Gasteiger partial charge < -0.3 is 10.8 Å². The SMILES string of the molecule is Cc1ccc(-c2nnn(-c3cc(Cl)ccc3O)c2N)cc1. The van der Waals surface area contributed by atoms with Crippen LogP contribution in [-0.4, -0.2) is 20.1 Å². The van der Waals surface area contributed by atoms with Crippen molar-refractivity contribution in [2.24, 2.45) is 0 Å². The van der Waals surface area contributed by atoms with E-state index in [1.807, 2.05) is 31.2 Å². The topological polar surface area (TPSA) is 77.0 Å². The van der Waals surface area contributed by atoms with E-state index in [4.69, 9.17) is 17.3 Å². The molecule has 3 aromatic rings. The van der Waals surface area contributed by atoms with Crippen molar-refractivity contribution in [2.45, 2.75) is 6.92 Å². The second kappa shape index (κ2) is 5.10. The summed E-state index contributed by atoms with van der Waals surface area (Å²) in [6, 6.07) is 12.5. The molecule has 2 aromatic carbocycles. The highest BCUT2D eigenvalue weighted by Gasteiger charge is 2.15. The van der Waals surface area contributed by atoms with Crippen LogP contribution < -0.4 is 5.73 Å². The average molecular weight is 301 g/mol. The number of nitrogens with two attached hydrogens (primary N) is 1. The smallest absolute Gasteiger partial charge is 0.156 e. The van der Waals surface area contributed by atoms with Gasteiger partial charge in [0.1, 0.15) is 17.1 Å². The molecular formula is C15H13ClN4O. The van der Waals surface area contributed by atoms with Gasteiger partial charge in [0.2, 0.25) is 0 Å². The normalized spacial score (nSPS) is 10.8. The summed E-state index contributed by atoms with van der Waals surface area (Å²) in [5, 5.41) is 18.5. The fraction of sp³-hybridized carbons (Fsp3) is 0.0667. The third-order valence-electron chi connectivity index (χ3n) is 3.20. The Hall–Kier alpha value is -2.53. The summed E-state index contributed by atoms with van der Waals surface area (Å²) in [5.41, 5.74) is 9.08. The van der Waals surface area contributed by atoms with Crippen molar-refractivity contribution in [3.05, 3.63) is 53.1 Å². The lowest BCUT2D eigenvalue weighted by Crippen LogP contribution is -2.02. The molecule has 3 N–H and O–H groups in total. The molecule has 6 heteroatoms. The van der Waals surface area contributed by atoms with E-state index in [1.165, 1.54) is 10.7 Å². The Kier molecular flexibility index (Phi) is 3.27. The van der Waals surface area contributed by atoms with E-state index in [9.17, 15) is 5.11 Å². The first-order valence-corrected chi connectivity index (χ1v) is 6.71. The van der Waals surface area contributed by atoms with E-state index in [0.717, 1.165) is 11.1 Å². The largest absolute Gasteiger partial charge is 0.506 e. The zero-order chi connectivity index (χ0) is 15.0. The zero-order valence-electron chi connectivity index (χ0n) is 11.3. The van der Waals surface area contributed by atoms with E-state index in [2.05, 4.69) is 10.3 Å². The number of aryl methyl sites for hydroxylation is 1. The maximum atomic E-state index is 9.93. The van der Waals surface area contributed by atoms with Crippen LogP contribution in [-0.2, 0) is 0 Å². The number of benzene rings is 2. The van der Waals surface area contributed by atoms with Crippen molar-refractivity contribution in [3.8, 4) is 22.7 Å². The number of halogens is 1. The zero-order valence-corrected chi connectivity index (χ0v) is 12.0. The molecule has 0 amide bonds. The molecule has 1 aromatic heterocycles. The first-order chi connectivity index (χ1) is 10.1. The number of hydrogen-bond acceptors (Lipinski definition) is 4. The molecule has 21 heavy (non-hydrogen) atoms. The molecule has 0 atom stereocenters. The number of aromatic hydroxyl groups is 1. The molecule has 0 bridgehead atoms. The second-order valence-corrected chi connectivity index (χ2v) is 5.17. The van der Waals surface area contributed by atoms with Crippen LogP contribution in [0.1, 0.15) is 5.56 Å². The first-order valence-electron chi connectivity index (χ1n) is 6.33. The quantitative estimate of drug-likeness (QED) is 0.762. The van der Waals surface area contributed by atoms with E-state index < -0.39 is 0 Å². The van der Waals surface area contributed by atoms with E-state index >= 15 is 0 Å². The lowest BCUT2D eigenvalue weighted by Gasteiger charge is -2.06. The number of nitrogens with zero attached hydrogens (tertiary/aromatic N) is 3. The van der Waals surface area contributed by atoms with E-state index in [0.29, 0.717) is 22.2 Å². The summed E-state index contributed by atoms with van der Waals surface area (Å²) in [5.74, 6) is 0.378. The number of anilines is 1. The number of phenolic OH excluding ortho intramolecular Hbond substituents is 1. The Morgan fingerprint density at radius 3 is 2.57 bits per heavy atom. The highest BCUT2D eigenvalue weighted by molar-refractivity contribution is 6.30. The van der Waals surface area contributed by atoms with Crippen LogP contribution in [0.2, 0.25) is 5.02 Å². The van der Waals surface area contributed by atoms with Gasteiger partial charge in [-0.3, -0.25) is 0 Å². The van der Waals surface area contributed by atoms with Gasteiger partial charge in [-0.25, -0.2) is 0 Å². The molecule has 0 unspecified atom stereocenters. The number of nitrogen functional groups attached to an aromatic ring is 1. The van der Waals surface area contributed by atoms with Gasteiger partial charge >= 0.3 is 0 Å².